The summed E-state index contributed by atoms with van der Waals surface area (Å²) in [4.78, 5) is 25.6. The lowest BCUT2D eigenvalue weighted by atomic mass is 10.0. The van der Waals surface area contributed by atoms with Crippen LogP contribution in [-0.2, 0) is 4.79 Å². The van der Waals surface area contributed by atoms with E-state index in [2.05, 4.69) is 15.9 Å². The Morgan fingerprint density at radius 2 is 2.06 bits per heavy atom. The molecule has 94 valence electrons. The van der Waals surface area contributed by atoms with Crippen LogP contribution in [0.15, 0.2) is 21.2 Å². The monoisotopic (exact) mass is 310 g/mol. The van der Waals surface area contributed by atoms with Crippen LogP contribution in [0.3, 0.4) is 0 Å². The fraction of sp³-hybridized carbons (Fsp3) is 0.417. The second-order valence-corrected chi connectivity index (χ2v) is 4.84. The Kier molecular flexibility index (Phi) is 3.82. The molecule has 1 amide bonds. The van der Waals surface area contributed by atoms with Crippen LogP contribution in [0.25, 0.3) is 0 Å². The number of hydrogen-bond donors (Lipinski definition) is 0. The van der Waals surface area contributed by atoms with Gasteiger partial charge >= 0.3 is 0 Å². The molecule has 5 nitrogen and oxygen atoms in total. The predicted octanol–water partition coefficient (Wildman–Crippen LogP) is 1.99. The minimum absolute atomic E-state index is 0.0287. The first-order valence-electron chi connectivity index (χ1n) is 5.61. The Hall–Kier alpha value is -1.61. The maximum Gasteiger partial charge on any atom is 0.248 e. The summed E-state index contributed by atoms with van der Waals surface area (Å²) >= 11 is 3.08. The fourth-order valence-electron chi connectivity index (χ4n) is 1.94. The van der Waals surface area contributed by atoms with E-state index in [1.807, 2.05) is 0 Å². The van der Waals surface area contributed by atoms with Gasteiger partial charge in [-0.3, -0.25) is 9.59 Å². The molecule has 0 radical (unpaired) electrons. The quantitative estimate of drug-likeness (QED) is 0.632. The topological polar surface area (TPSA) is 74.3 Å². The van der Waals surface area contributed by atoms with Gasteiger partial charge in [0.05, 0.1) is 6.07 Å². The Bertz CT molecular complexity index is 512. The summed E-state index contributed by atoms with van der Waals surface area (Å²) in [6, 6.07) is 4.78. The molecule has 1 atom stereocenters. The lowest BCUT2D eigenvalue weighted by Gasteiger charge is -2.17. The molecule has 0 N–H and O–H groups in total. The van der Waals surface area contributed by atoms with Gasteiger partial charge in [-0.05, 0) is 40.9 Å². The number of amides is 1. The van der Waals surface area contributed by atoms with Crippen LogP contribution < -0.4 is 0 Å². The molecule has 0 unspecified atom stereocenters. The maximum absolute atomic E-state index is 12.0. The van der Waals surface area contributed by atoms with Crippen LogP contribution in [0.2, 0.25) is 0 Å². The van der Waals surface area contributed by atoms with Crippen LogP contribution in [0.5, 0.6) is 0 Å². The molecule has 1 aromatic heterocycles. The van der Waals surface area contributed by atoms with E-state index in [-0.39, 0.29) is 5.76 Å². The van der Waals surface area contributed by atoms with Gasteiger partial charge in [-0.25, -0.2) is 0 Å². The first-order valence-corrected chi connectivity index (χ1v) is 6.40. The number of ketones is 1. The summed E-state index contributed by atoms with van der Waals surface area (Å²) in [5.41, 5.74) is 0. The number of hydrogen-bond acceptors (Lipinski definition) is 4. The first kappa shape index (κ1) is 12.8. The molecule has 1 aromatic rings. The van der Waals surface area contributed by atoms with Crippen molar-refractivity contribution in [2.75, 3.05) is 13.1 Å². The lowest BCUT2D eigenvalue weighted by molar-refractivity contribution is -0.131. The molecule has 6 heteroatoms. The fourth-order valence-corrected chi connectivity index (χ4v) is 2.24. The van der Waals surface area contributed by atoms with Crippen molar-refractivity contribution in [3.05, 3.63) is 22.6 Å². The van der Waals surface area contributed by atoms with Gasteiger partial charge in [0.15, 0.2) is 16.3 Å². The number of furan rings is 1. The number of rotatable bonds is 3. The molecule has 0 aromatic carbocycles. The van der Waals surface area contributed by atoms with Crippen molar-refractivity contribution in [1.82, 2.24) is 4.90 Å². The number of nitrogens with zero attached hydrogens (tertiary/aromatic N) is 2. The number of carbonyl (C=O) groups is 2. The van der Waals surface area contributed by atoms with Gasteiger partial charge in [0, 0.05) is 13.1 Å². The van der Waals surface area contributed by atoms with Crippen LogP contribution in [0.1, 0.15) is 23.4 Å². The number of carbonyl (C=O) groups excluding carboxylic acids is 2. The minimum atomic E-state index is -1.30. The number of Topliss-reactive ketones (excluding diaryl/α,β-unsaturated/α-hetero) is 1. The molecule has 0 bridgehead atoms. The molecule has 1 aliphatic heterocycles. The van der Waals surface area contributed by atoms with E-state index in [0.29, 0.717) is 17.8 Å². The van der Waals surface area contributed by atoms with E-state index in [0.717, 1.165) is 12.8 Å². The van der Waals surface area contributed by atoms with E-state index in [1.54, 1.807) is 17.0 Å². The molecule has 1 aliphatic rings. The zero-order chi connectivity index (χ0) is 13.1. The van der Waals surface area contributed by atoms with Crippen molar-refractivity contribution in [3.63, 3.8) is 0 Å². The zero-order valence-corrected chi connectivity index (χ0v) is 11.1. The number of nitriles is 1. The van der Waals surface area contributed by atoms with Crippen LogP contribution in [-0.4, -0.2) is 29.7 Å². The molecular weight excluding hydrogens is 300 g/mol. The molecule has 2 heterocycles. The van der Waals surface area contributed by atoms with Gasteiger partial charge in [-0.15, -0.1) is 0 Å². The molecule has 1 saturated heterocycles. The Balaban J connectivity index is 2.16. The molecule has 0 spiro atoms. The van der Waals surface area contributed by atoms with Crippen LogP contribution >= 0.6 is 15.9 Å². The highest BCUT2D eigenvalue weighted by atomic mass is 79.9. The maximum atomic E-state index is 12.0. The van der Waals surface area contributed by atoms with E-state index in [9.17, 15) is 9.59 Å². The zero-order valence-electron chi connectivity index (χ0n) is 9.56. The second kappa shape index (κ2) is 5.36. The Morgan fingerprint density at radius 3 is 2.56 bits per heavy atom. The van der Waals surface area contributed by atoms with Gasteiger partial charge in [0.2, 0.25) is 11.7 Å². The standard InChI is InChI=1S/C12H11BrN2O3/c13-10-4-3-9(18-10)11(16)8(7-14)12(17)15-5-1-2-6-15/h3-4,8H,1-2,5-6H2/t8-/m1/s1. The summed E-state index contributed by atoms with van der Waals surface area (Å²) in [6.07, 6.45) is 1.84. The SMILES string of the molecule is N#C[C@H](C(=O)c1ccc(Br)o1)C(=O)N1CCCC1. The highest BCUT2D eigenvalue weighted by molar-refractivity contribution is 9.10. The Morgan fingerprint density at radius 1 is 1.39 bits per heavy atom. The van der Waals surface area contributed by atoms with E-state index < -0.39 is 17.6 Å². The normalized spacial score (nSPS) is 16.3. The van der Waals surface area contributed by atoms with Gasteiger partial charge in [0.25, 0.3) is 0 Å². The van der Waals surface area contributed by atoms with Gasteiger partial charge < -0.3 is 9.32 Å². The molecule has 0 saturated carbocycles. The molecule has 0 aliphatic carbocycles. The summed E-state index contributed by atoms with van der Waals surface area (Å²) in [5.74, 6) is -2.28. The first-order chi connectivity index (χ1) is 8.63. The average Bonchev–Trinajstić information content (AvgIpc) is 3.00. The van der Waals surface area contributed by atoms with Crippen molar-refractivity contribution in [2.24, 2.45) is 5.92 Å². The third-order valence-electron chi connectivity index (χ3n) is 2.87. The third-order valence-corrected chi connectivity index (χ3v) is 3.30. The minimum Gasteiger partial charge on any atom is -0.446 e. The smallest absolute Gasteiger partial charge is 0.248 e. The van der Waals surface area contributed by atoms with Gasteiger partial charge in [-0.1, -0.05) is 0 Å². The summed E-state index contributed by atoms with van der Waals surface area (Å²) in [7, 11) is 0. The molecular formula is C12H11BrN2O3. The molecule has 18 heavy (non-hydrogen) atoms. The van der Waals surface area contributed by atoms with Crippen LogP contribution in [0, 0.1) is 17.2 Å². The van der Waals surface area contributed by atoms with Crippen molar-refractivity contribution < 1.29 is 14.0 Å². The van der Waals surface area contributed by atoms with Crippen molar-refractivity contribution in [2.45, 2.75) is 12.8 Å². The largest absolute Gasteiger partial charge is 0.446 e. The van der Waals surface area contributed by atoms with Crippen LogP contribution in [0.4, 0.5) is 0 Å². The van der Waals surface area contributed by atoms with E-state index >= 15 is 0 Å². The van der Waals surface area contributed by atoms with Crippen molar-refractivity contribution in [3.8, 4) is 6.07 Å². The average molecular weight is 311 g/mol. The van der Waals surface area contributed by atoms with Crippen molar-refractivity contribution in [1.29, 1.82) is 5.26 Å². The molecule has 1 fully saturated rings. The lowest BCUT2D eigenvalue weighted by Crippen LogP contribution is -2.36. The Labute approximate surface area is 112 Å². The highest BCUT2D eigenvalue weighted by Gasteiger charge is 2.34. The highest BCUT2D eigenvalue weighted by Crippen LogP contribution is 2.20. The second-order valence-electron chi connectivity index (χ2n) is 4.06. The van der Waals surface area contributed by atoms with E-state index in [1.165, 1.54) is 6.07 Å². The van der Waals surface area contributed by atoms with Crippen molar-refractivity contribution >= 4 is 27.6 Å². The predicted molar refractivity (Wildman–Crippen MR) is 65.7 cm³/mol. The van der Waals surface area contributed by atoms with Gasteiger partial charge in [-0.2, -0.15) is 5.26 Å². The number of halogens is 1. The van der Waals surface area contributed by atoms with E-state index in [4.69, 9.17) is 9.68 Å². The summed E-state index contributed by atoms with van der Waals surface area (Å²) in [5, 5.41) is 9.02. The molecule has 2 rings (SSSR count). The number of likely N-dealkylation sites (tertiary alicyclic amines) is 1. The van der Waals surface area contributed by atoms with Gasteiger partial charge in [0.1, 0.15) is 0 Å². The third kappa shape index (κ3) is 2.46. The summed E-state index contributed by atoms with van der Waals surface area (Å²) in [6.45, 7) is 1.23. The summed E-state index contributed by atoms with van der Waals surface area (Å²) < 4.78 is 5.49.